The first-order valence-electron chi connectivity index (χ1n) is 4.51. The van der Waals surface area contributed by atoms with E-state index < -0.39 is 0 Å². The van der Waals surface area contributed by atoms with Gasteiger partial charge in [-0.2, -0.15) is 0 Å². The van der Waals surface area contributed by atoms with E-state index in [-0.39, 0.29) is 0 Å². The monoisotopic (exact) mass is 161 g/mol. The Kier molecular flexibility index (Phi) is 34.7. The third-order valence-electron chi connectivity index (χ3n) is 0.965. The van der Waals surface area contributed by atoms with E-state index in [9.17, 15) is 4.79 Å². The second-order valence-corrected chi connectivity index (χ2v) is 1.59. The van der Waals surface area contributed by atoms with E-state index >= 15 is 0 Å². The van der Waals surface area contributed by atoms with Gasteiger partial charge >= 0.3 is 0 Å². The highest BCUT2D eigenvalue weighted by Crippen LogP contribution is 1.82. The molecule has 0 rings (SSSR count). The van der Waals surface area contributed by atoms with Crippen LogP contribution in [0, 0.1) is 0 Å². The molecule has 1 unspecified atom stereocenters. The average molecular weight is 161 g/mol. The number of hydrogen-bond acceptors (Lipinski definition) is 1. The summed E-state index contributed by atoms with van der Waals surface area (Å²) in [6.07, 6.45) is 1.73. The zero-order valence-electron chi connectivity index (χ0n) is 8.77. The van der Waals surface area contributed by atoms with Gasteiger partial charge in [-0.1, -0.05) is 34.6 Å². The molecule has 1 amide bonds. The lowest BCUT2D eigenvalue weighted by molar-refractivity contribution is -0.110. The zero-order chi connectivity index (χ0) is 9.70. The van der Waals surface area contributed by atoms with Crippen molar-refractivity contribution < 1.29 is 4.79 Å². The lowest BCUT2D eigenvalue weighted by Gasteiger charge is -2.02. The molecule has 0 radical (unpaired) electrons. The van der Waals surface area contributed by atoms with Crippen LogP contribution in [-0.2, 0) is 4.79 Å². The normalized spacial score (nSPS) is 9.27. The SMILES string of the molecule is CC.CC.CCC(C)NC=O. The molecule has 0 aromatic carbocycles. The molecular weight excluding hydrogens is 138 g/mol. The van der Waals surface area contributed by atoms with Crippen molar-refractivity contribution in [2.45, 2.75) is 54.0 Å². The molecule has 0 aliphatic carbocycles. The Balaban J connectivity index is -0.000000138. The highest BCUT2D eigenvalue weighted by atomic mass is 16.1. The molecule has 2 nitrogen and oxygen atoms in total. The molecule has 0 saturated carbocycles. The Labute approximate surface area is 71.4 Å². The predicted molar refractivity (Wildman–Crippen MR) is 51.6 cm³/mol. The lowest BCUT2D eigenvalue weighted by Crippen LogP contribution is -2.22. The van der Waals surface area contributed by atoms with Crippen molar-refractivity contribution in [3.63, 3.8) is 0 Å². The average Bonchev–Trinajstić information content (AvgIpc) is 2.12. The first-order valence-corrected chi connectivity index (χ1v) is 4.51. The van der Waals surface area contributed by atoms with E-state index in [4.69, 9.17) is 0 Å². The molecule has 0 heterocycles. The maximum Gasteiger partial charge on any atom is 0.207 e. The van der Waals surface area contributed by atoms with Gasteiger partial charge in [-0.15, -0.1) is 0 Å². The molecule has 0 spiro atoms. The molecule has 0 saturated heterocycles. The summed E-state index contributed by atoms with van der Waals surface area (Å²) >= 11 is 0. The molecular formula is C9H23NO. The highest BCUT2D eigenvalue weighted by Gasteiger charge is 1.89. The third kappa shape index (κ3) is 26.4. The van der Waals surface area contributed by atoms with E-state index in [1.54, 1.807) is 0 Å². The second-order valence-electron chi connectivity index (χ2n) is 1.59. The van der Waals surface area contributed by atoms with Crippen LogP contribution in [0.15, 0.2) is 0 Å². The van der Waals surface area contributed by atoms with Gasteiger partial charge in [-0.25, -0.2) is 0 Å². The van der Waals surface area contributed by atoms with Crippen molar-refractivity contribution in [1.29, 1.82) is 0 Å². The standard InChI is InChI=1S/C5H11NO.2C2H6/c1-3-5(2)6-4-7;2*1-2/h4-5H,3H2,1-2H3,(H,6,7);2*1-2H3. The van der Waals surface area contributed by atoms with Crippen LogP contribution in [0.4, 0.5) is 0 Å². The predicted octanol–water partition coefficient (Wildman–Crippen LogP) is 2.58. The molecule has 0 aliphatic heterocycles. The van der Waals surface area contributed by atoms with Crippen LogP contribution in [0.25, 0.3) is 0 Å². The number of carbonyl (C=O) groups excluding carboxylic acids is 1. The van der Waals surface area contributed by atoms with E-state index in [0.29, 0.717) is 6.04 Å². The maximum atomic E-state index is 9.66. The quantitative estimate of drug-likeness (QED) is 0.633. The summed E-state index contributed by atoms with van der Waals surface area (Å²) in [5, 5.41) is 2.61. The summed E-state index contributed by atoms with van der Waals surface area (Å²) in [5.74, 6) is 0. The summed E-state index contributed by atoms with van der Waals surface area (Å²) in [5.41, 5.74) is 0. The summed E-state index contributed by atoms with van der Waals surface area (Å²) < 4.78 is 0. The number of hydrogen-bond donors (Lipinski definition) is 1. The number of rotatable bonds is 3. The molecule has 0 aliphatic rings. The molecule has 1 atom stereocenters. The Hall–Kier alpha value is -0.530. The van der Waals surface area contributed by atoms with Crippen LogP contribution in [-0.4, -0.2) is 12.5 Å². The molecule has 0 fully saturated rings. The Morgan fingerprint density at radius 1 is 1.27 bits per heavy atom. The minimum absolute atomic E-state index is 0.331. The molecule has 0 aromatic heterocycles. The zero-order valence-corrected chi connectivity index (χ0v) is 8.77. The first kappa shape index (κ1) is 16.8. The fraction of sp³-hybridized carbons (Fsp3) is 0.889. The molecule has 11 heavy (non-hydrogen) atoms. The van der Waals surface area contributed by atoms with Crippen LogP contribution in [0.2, 0.25) is 0 Å². The van der Waals surface area contributed by atoms with Crippen LogP contribution >= 0.6 is 0 Å². The summed E-state index contributed by atoms with van der Waals surface area (Å²) in [7, 11) is 0. The minimum Gasteiger partial charge on any atom is -0.356 e. The molecule has 1 N–H and O–H groups in total. The number of carbonyl (C=O) groups is 1. The number of nitrogens with one attached hydrogen (secondary N) is 1. The van der Waals surface area contributed by atoms with Crippen molar-refractivity contribution >= 4 is 6.41 Å². The fourth-order valence-electron chi connectivity index (χ4n) is 0.234. The summed E-state index contributed by atoms with van der Waals surface area (Å²) in [6.45, 7) is 12.0. The number of amides is 1. The van der Waals surface area contributed by atoms with Crippen molar-refractivity contribution in [3.05, 3.63) is 0 Å². The van der Waals surface area contributed by atoms with Crippen molar-refractivity contribution in [3.8, 4) is 0 Å². The van der Waals surface area contributed by atoms with Crippen molar-refractivity contribution in [2.75, 3.05) is 0 Å². The summed E-state index contributed by atoms with van der Waals surface area (Å²) in [6, 6.07) is 0.331. The van der Waals surface area contributed by atoms with Gasteiger partial charge < -0.3 is 5.32 Å². The Bertz CT molecular complexity index is 55.5. The molecule has 2 heteroatoms. The van der Waals surface area contributed by atoms with Crippen LogP contribution in [0.1, 0.15) is 48.0 Å². The molecule has 0 aromatic rings. The van der Waals surface area contributed by atoms with Gasteiger partial charge in [-0.3, -0.25) is 4.79 Å². The van der Waals surface area contributed by atoms with Crippen LogP contribution in [0.3, 0.4) is 0 Å². The van der Waals surface area contributed by atoms with E-state index in [0.717, 1.165) is 12.8 Å². The van der Waals surface area contributed by atoms with Gasteiger partial charge in [0.1, 0.15) is 0 Å². The van der Waals surface area contributed by atoms with Gasteiger partial charge in [0, 0.05) is 6.04 Å². The first-order chi connectivity index (χ1) is 5.31. The fourth-order valence-corrected chi connectivity index (χ4v) is 0.234. The summed E-state index contributed by atoms with van der Waals surface area (Å²) in [4.78, 5) is 9.66. The maximum absolute atomic E-state index is 9.66. The van der Waals surface area contributed by atoms with Crippen molar-refractivity contribution in [2.24, 2.45) is 0 Å². The molecule has 0 bridgehead atoms. The Morgan fingerprint density at radius 3 is 1.73 bits per heavy atom. The highest BCUT2D eigenvalue weighted by molar-refractivity contribution is 5.46. The van der Waals surface area contributed by atoms with Gasteiger partial charge in [0.2, 0.25) is 6.41 Å². The largest absolute Gasteiger partial charge is 0.356 e. The van der Waals surface area contributed by atoms with Gasteiger partial charge in [0.15, 0.2) is 0 Å². The van der Waals surface area contributed by atoms with E-state index in [1.165, 1.54) is 0 Å². The third-order valence-corrected chi connectivity index (χ3v) is 0.965. The smallest absolute Gasteiger partial charge is 0.207 e. The van der Waals surface area contributed by atoms with Crippen LogP contribution in [0.5, 0.6) is 0 Å². The van der Waals surface area contributed by atoms with E-state index in [2.05, 4.69) is 5.32 Å². The topological polar surface area (TPSA) is 29.1 Å². The van der Waals surface area contributed by atoms with Crippen LogP contribution < -0.4 is 5.32 Å². The second kappa shape index (κ2) is 22.7. The van der Waals surface area contributed by atoms with Crippen molar-refractivity contribution in [1.82, 2.24) is 5.32 Å². The lowest BCUT2D eigenvalue weighted by atomic mass is 10.3. The van der Waals surface area contributed by atoms with Gasteiger partial charge in [-0.05, 0) is 13.3 Å². The van der Waals surface area contributed by atoms with E-state index in [1.807, 2.05) is 41.5 Å². The van der Waals surface area contributed by atoms with Gasteiger partial charge in [0.25, 0.3) is 0 Å². The Morgan fingerprint density at radius 2 is 1.64 bits per heavy atom. The minimum atomic E-state index is 0.331. The molecule has 70 valence electrons. The van der Waals surface area contributed by atoms with Gasteiger partial charge in [0.05, 0.1) is 0 Å².